The maximum Gasteiger partial charge on any atom is 0.433 e. The third-order valence-corrected chi connectivity index (χ3v) is 4.53. The van der Waals surface area contributed by atoms with Gasteiger partial charge in [-0.2, -0.15) is 13.2 Å². The van der Waals surface area contributed by atoms with Crippen molar-refractivity contribution >= 4 is 0 Å². The quantitative estimate of drug-likeness (QED) is 0.826. The van der Waals surface area contributed by atoms with Gasteiger partial charge in [-0.15, -0.1) is 5.10 Å². The molecule has 0 aromatic carbocycles. The Labute approximate surface area is 142 Å². The summed E-state index contributed by atoms with van der Waals surface area (Å²) in [6, 6.07) is 0.560. The van der Waals surface area contributed by atoms with E-state index in [0.717, 1.165) is 44.5 Å². The number of hydrogen-bond donors (Lipinski definition) is 0. The van der Waals surface area contributed by atoms with Gasteiger partial charge in [-0.3, -0.25) is 18.9 Å². The molecule has 2 aromatic heterocycles. The molecule has 10 heteroatoms. The summed E-state index contributed by atoms with van der Waals surface area (Å²) < 4.78 is 40.7. The van der Waals surface area contributed by atoms with Crippen LogP contribution in [0.15, 0.2) is 23.4 Å². The van der Waals surface area contributed by atoms with Gasteiger partial charge in [0.1, 0.15) is 0 Å². The van der Waals surface area contributed by atoms with Gasteiger partial charge in [0, 0.05) is 26.2 Å². The molecule has 1 saturated heterocycles. The molecular formula is C15H19F3N6O. The minimum absolute atomic E-state index is 0.247. The SMILES string of the molecule is Cn1nncc1CN1CCC(Cn2cnc(C(F)(F)F)cc2=O)CC1. The number of halogens is 3. The maximum atomic E-state index is 12.6. The number of piperidine rings is 1. The first kappa shape index (κ1) is 17.6. The summed E-state index contributed by atoms with van der Waals surface area (Å²) in [5.74, 6) is 0.247. The number of nitrogens with zero attached hydrogens (tertiary/aromatic N) is 6. The Morgan fingerprint density at radius 3 is 2.56 bits per heavy atom. The molecule has 0 saturated carbocycles. The highest BCUT2D eigenvalue weighted by molar-refractivity contribution is 5.03. The first-order chi connectivity index (χ1) is 11.8. The van der Waals surface area contributed by atoms with Crippen molar-refractivity contribution in [1.29, 1.82) is 0 Å². The summed E-state index contributed by atoms with van der Waals surface area (Å²) in [6.45, 7) is 2.88. The molecule has 3 heterocycles. The van der Waals surface area contributed by atoms with E-state index in [0.29, 0.717) is 12.6 Å². The predicted octanol–water partition coefficient (Wildman–Crippen LogP) is 1.30. The number of hydrogen-bond acceptors (Lipinski definition) is 5. The van der Waals surface area contributed by atoms with Crippen molar-refractivity contribution in [3.05, 3.63) is 40.3 Å². The molecular weight excluding hydrogens is 337 g/mol. The lowest BCUT2D eigenvalue weighted by Gasteiger charge is -2.31. The van der Waals surface area contributed by atoms with Gasteiger partial charge in [0.05, 0.1) is 18.2 Å². The van der Waals surface area contributed by atoms with Crippen LogP contribution in [0.1, 0.15) is 24.2 Å². The molecule has 1 aliphatic rings. The second-order valence-corrected chi connectivity index (χ2v) is 6.33. The number of aryl methyl sites for hydroxylation is 1. The van der Waals surface area contributed by atoms with Gasteiger partial charge >= 0.3 is 6.18 Å². The molecule has 0 aliphatic carbocycles. The second kappa shape index (κ2) is 6.95. The van der Waals surface area contributed by atoms with Gasteiger partial charge in [0.15, 0.2) is 5.69 Å². The van der Waals surface area contributed by atoms with E-state index in [9.17, 15) is 18.0 Å². The molecule has 0 N–H and O–H groups in total. The first-order valence-corrected chi connectivity index (χ1v) is 8.02. The predicted molar refractivity (Wildman–Crippen MR) is 82.5 cm³/mol. The lowest BCUT2D eigenvalue weighted by Crippen LogP contribution is -2.36. The van der Waals surface area contributed by atoms with Crippen molar-refractivity contribution in [2.75, 3.05) is 13.1 Å². The fraction of sp³-hybridized carbons (Fsp3) is 0.600. The van der Waals surface area contributed by atoms with Crippen LogP contribution in [0.5, 0.6) is 0 Å². The second-order valence-electron chi connectivity index (χ2n) is 6.33. The average Bonchev–Trinajstić information content (AvgIpc) is 2.95. The van der Waals surface area contributed by atoms with E-state index in [1.807, 2.05) is 7.05 Å². The largest absolute Gasteiger partial charge is 0.433 e. The van der Waals surface area contributed by atoms with Crippen LogP contribution in [0.4, 0.5) is 13.2 Å². The highest BCUT2D eigenvalue weighted by Crippen LogP contribution is 2.26. The summed E-state index contributed by atoms with van der Waals surface area (Å²) in [6.07, 6.45) is -0.111. The Morgan fingerprint density at radius 1 is 1.28 bits per heavy atom. The molecule has 1 fully saturated rings. The minimum Gasteiger partial charge on any atom is -0.299 e. The van der Waals surface area contributed by atoms with Crippen molar-refractivity contribution in [2.24, 2.45) is 13.0 Å². The molecule has 0 unspecified atom stereocenters. The zero-order chi connectivity index (χ0) is 18.0. The maximum absolute atomic E-state index is 12.6. The van der Waals surface area contributed by atoms with Crippen LogP contribution in [0.2, 0.25) is 0 Å². The zero-order valence-corrected chi connectivity index (χ0v) is 13.8. The average molecular weight is 356 g/mol. The van der Waals surface area contributed by atoms with E-state index in [1.54, 1.807) is 10.9 Å². The molecule has 1 aliphatic heterocycles. The van der Waals surface area contributed by atoms with Gasteiger partial charge in [-0.1, -0.05) is 5.21 Å². The topological polar surface area (TPSA) is 68.8 Å². The van der Waals surface area contributed by atoms with Gasteiger partial charge < -0.3 is 0 Å². The smallest absolute Gasteiger partial charge is 0.299 e. The summed E-state index contributed by atoms with van der Waals surface area (Å²) in [7, 11) is 1.85. The summed E-state index contributed by atoms with van der Waals surface area (Å²) >= 11 is 0. The monoisotopic (exact) mass is 356 g/mol. The van der Waals surface area contributed by atoms with Crippen LogP contribution in [0.25, 0.3) is 0 Å². The molecule has 7 nitrogen and oxygen atoms in total. The summed E-state index contributed by atoms with van der Waals surface area (Å²) in [5, 5.41) is 7.76. The van der Waals surface area contributed by atoms with Gasteiger partial charge in [0.25, 0.3) is 5.56 Å². The molecule has 0 atom stereocenters. The summed E-state index contributed by atoms with van der Waals surface area (Å²) in [5.41, 5.74) is -0.777. The Kier molecular flexibility index (Phi) is 4.89. The van der Waals surface area contributed by atoms with E-state index >= 15 is 0 Å². The van der Waals surface area contributed by atoms with Crippen LogP contribution in [-0.4, -0.2) is 42.5 Å². The molecule has 2 aromatic rings. The van der Waals surface area contributed by atoms with E-state index in [4.69, 9.17) is 0 Å². The van der Waals surface area contributed by atoms with Crippen LogP contribution >= 0.6 is 0 Å². The van der Waals surface area contributed by atoms with Crippen molar-refractivity contribution in [3.63, 3.8) is 0 Å². The highest BCUT2D eigenvalue weighted by atomic mass is 19.4. The van der Waals surface area contributed by atoms with Crippen LogP contribution in [-0.2, 0) is 26.3 Å². The molecule has 3 rings (SSSR count). The third kappa shape index (κ3) is 4.25. The lowest BCUT2D eigenvalue weighted by atomic mass is 9.96. The Bertz CT molecular complexity index is 776. The standard InChI is InChI=1S/C15H19F3N6O/c1-22-12(7-20-21-22)9-23-4-2-11(3-5-23)8-24-10-19-13(6-14(24)25)15(16,17)18/h6-7,10-11H,2-5,8-9H2,1H3. The fourth-order valence-electron chi connectivity index (χ4n) is 3.01. The number of likely N-dealkylation sites (tertiary alicyclic amines) is 1. The molecule has 0 bridgehead atoms. The molecule has 0 amide bonds. The number of alkyl halides is 3. The number of aromatic nitrogens is 5. The molecule has 0 radical (unpaired) electrons. The summed E-state index contributed by atoms with van der Waals surface area (Å²) in [4.78, 5) is 17.5. The van der Waals surface area contributed by atoms with Crippen molar-refractivity contribution in [2.45, 2.75) is 32.1 Å². The van der Waals surface area contributed by atoms with Crippen LogP contribution in [0.3, 0.4) is 0 Å². The normalized spacial score (nSPS) is 17.1. The Hall–Kier alpha value is -2.23. The van der Waals surface area contributed by atoms with E-state index in [-0.39, 0.29) is 5.92 Å². The zero-order valence-electron chi connectivity index (χ0n) is 13.8. The Morgan fingerprint density at radius 2 is 2.00 bits per heavy atom. The lowest BCUT2D eigenvalue weighted by molar-refractivity contribution is -0.141. The van der Waals surface area contributed by atoms with Gasteiger partial charge in [-0.05, 0) is 31.8 Å². The minimum atomic E-state index is -4.59. The molecule has 0 spiro atoms. The van der Waals surface area contributed by atoms with Crippen molar-refractivity contribution in [3.8, 4) is 0 Å². The third-order valence-electron chi connectivity index (χ3n) is 4.53. The molecule has 25 heavy (non-hydrogen) atoms. The molecule has 136 valence electrons. The van der Waals surface area contributed by atoms with Crippen LogP contribution in [0, 0.1) is 5.92 Å². The van der Waals surface area contributed by atoms with Crippen molar-refractivity contribution in [1.82, 2.24) is 29.4 Å². The highest BCUT2D eigenvalue weighted by Gasteiger charge is 2.33. The fourth-order valence-corrected chi connectivity index (χ4v) is 3.01. The van der Waals surface area contributed by atoms with E-state index in [2.05, 4.69) is 20.2 Å². The first-order valence-electron chi connectivity index (χ1n) is 8.02. The van der Waals surface area contributed by atoms with E-state index < -0.39 is 17.4 Å². The van der Waals surface area contributed by atoms with Gasteiger partial charge in [0.2, 0.25) is 0 Å². The van der Waals surface area contributed by atoms with Gasteiger partial charge in [-0.25, -0.2) is 4.98 Å². The Balaban J connectivity index is 1.56. The van der Waals surface area contributed by atoms with E-state index in [1.165, 1.54) is 4.57 Å². The van der Waals surface area contributed by atoms with Crippen LogP contribution < -0.4 is 5.56 Å². The number of rotatable bonds is 4. The van der Waals surface area contributed by atoms with Crippen molar-refractivity contribution < 1.29 is 13.2 Å².